The minimum Gasteiger partial charge on any atom is -0.480 e. The highest BCUT2D eigenvalue weighted by molar-refractivity contribution is 9.11. The van der Waals surface area contributed by atoms with Crippen LogP contribution in [-0.4, -0.2) is 23.1 Å². The maximum Gasteiger partial charge on any atom is 0.327 e. The van der Waals surface area contributed by atoms with E-state index in [0.717, 1.165) is 0 Å². The molecule has 0 aromatic heterocycles. The SMILES string of the molecule is C#CCC(NC(=O)Nc1c(Br)cccc1Br)C(=O)O. The molecule has 7 heteroatoms. The van der Waals surface area contributed by atoms with Crippen LogP contribution in [-0.2, 0) is 4.79 Å². The van der Waals surface area contributed by atoms with Crippen LogP contribution in [0.2, 0.25) is 0 Å². The van der Waals surface area contributed by atoms with Gasteiger partial charge in [0.2, 0.25) is 0 Å². The number of hydrogen-bond donors (Lipinski definition) is 3. The molecule has 0 spiro atoms. The molecule has 1 rings (SSSR count). The molecule has 0 saturated carbocycles. The highest BCUT2D eigenvalue weighted by atomic mass is 79.9. The van der Waals surface area contributed by atoms with Crippen LogP contribution in [0.5, 0.6) is 0 Å². The maximum atomic E-state index is 11.7. The topological polar surface area (TPSA) is 78.4 Å². The fourth-order valence-electron chi connectivity index (χ4n) is 1.24. The number of terminal acetylenes is 1. The molecule has 0 fully saturated rings. The number of halogens is 2. The lowest BCUT2D eigenvalue weighted by Crippen LogP contribution is -2.42. The minimum atomic E-state index is -1.18. The molecule has 3 N–H and O–H groups in total. The zero-order valence-corrected chi connectivity index (χ0v) is 12.8. The molecule has 0 aliphatic heterocycles. The first-order valence-corrected chi connectivity index (χ1v) is 6.72. The second kappa shape index (κ2) is 7.16. The fraction of sp³-hybridized carbons (Fsp3) is 0.167. The van der Waals surface area contributed by atoms with Crippen molar-refractivity contribution in [2.24, 2.45) is 0 Å². The molecule has 0 bridgehead atoms. The predicted octanol–water partition coefficient (Wildman–Crippen LogP) is 2.81. The van der Waals surface area contributed by atoms with E-state index >= 15 is 0 Å². The highest BCUT2D eigenvalue weighted by Crippen LogP contribution is 2.30. The Morgan fingerprint density at radius 1 is 1.37 bits per heavy atom. The number of aliphatic carboxylic acids is 1. The van der Waals surface area contributed by atoms with Crippen molar-refractivity contribution >= 4 is 49.5 Å². The number of urea groups is 1. The number of rotatable bonds is 4. The monoisotopic (exact) mass is 388 g/mol. The molecular weight excluding hydrogens is 380 g/mol. The molecule has 0 radical (unpaired) electrons. The molecule has 0 aliphatic rings. The molecule has 0 aliphatic carbocycles. The number of hydrogen-bond acceptors (Lipinski definition) is 2. The van der Waals surface area contributed by atoms with Crippen molar-refractivity contribution in [3.8, 4) is 12.3 Å². The van der Waals surface area contributed by atoms with Crippen molar-refractivity contribution in [2.45, 2.75) is 12.5 Å². The summed E-state index contributed by atoms with van der Waals surface area (Å²) in [5, 5.41) is 13.7. The summed E-state index contributed by atoms with van der Waals surface area (Å²) in [6.07, 6.45) is 4.96. The lowest BCUT2D eigenvalue weighted by Gasteiger charge is -2.14. The van der Waals surface area contributed by atoms with Crippen LogP contribution in [0, 0.1) is 12.3 Å². The summed E-state index contributed by atoms with van der Waals surface area (Å²) in [4.78, 5) is 22.6. The molecule has 2 amide bonds. The van der Waals surface area contributed by atoms with Crippen LogP contribution in [0.15, 0.2) is 27.1 Å². The number of nitrogens with one attached hydrogen (secondary N) is 2. The number of carbonyl (C=O) groups excluding carboxylic acids is 1. The Labute approximate surface area is 127 Å². The van der Waals surface area contributed by atoms with Crippen LogP contribution >= 0.6 is 31.9 Å². The van der Waals surface area contributed by atoms with E-state index in [0.29, 0.717) is 14.6 Å². The molecule has 0 heterocycles. The van der Waals surface area contributed by atoms with Gasteiger partial charge in [-0.3, -0.25) is 0 Å². The molecule has 5 nitrogen and oxygen atoms in total. The van der Waals surface area contributed by atoms with E-state index < -0.39 is 18.0 Å². The second-order valence-electron chi connectivity index (χ2n) is 3.49. The van der Waals surface area contributed by atoms with Crippen molar-refractivity contribution in [3.05, 3.63) is 27.1 Å². The van der Waals surface area contributed by atoms with E-state index in [1.807, 2.05) is 0 Å². The summed E-state index contributed by atoms with van der Waals surface area (Å²) in [7, 11) is 0. The van der Waals surface area contributed by atoms with Gasteiger partial charge in [-0.2, -0.15) is 0 Å². The van der Waals surface area contributed by atoms with Crippen LogP contribution < -0.4 is 10.6 Å². The summed E-state index contributed by atoms with van der Waals surface area (Å²) in [5.74, 6) is 1.02. The van der Waals surface area contributed by atoms with E-state index in [1.165, 1.54) is 0 Å². The summed E-state index contributed by atoms with van der Waals surface area (Å²) in [6, 6.07) is 3.52. The molecule has 1 atom stereocenters. The smallest absolute Gasteiger partial charge is 0.327 e. The summed E-state index contributed by atoms with van der Waals surface area (Å²) < 4.78 is 1.33. The number of benzene rings is 1. The number of para-hydroxylation sites is 1. The Morgan fingerprint density at radius 3 is 2.42 bits per heavy atom. The van der Waals surface area contributed by atoms with Gasteiger partial charge in [0.1, 0.15) is 6.04 Å². The number of carboxylic acids is 1. The molecule has 19 heavy (non-hydrogen) atoms. The molecular formula is C12H10Br2N2O3. The second-order valence-corrected chi connectivity index (χ2v) is 5.20. The lowest BCUT2D eigenvalue weighted by molar-refractivity contribution is -0.139. The van der Waals surface area contributed by atoms with Gasteiger partial charge in [-0.05, 0) is 44.0 Å². The Hall–Kier alpha value is -1.52. The maximum absolute atomic E-state index is 11.7. The van der Waals surface area contributed by atoms with E-state index in [2.05, 4.69) is 48.4 Å². The highest BCUT2D eigenvalue weighted by Gasteiger charge is 2.19. The molecule has 1 aromatic rings. The van der Waals surface area contributed by atoms with Crippen molar-refractivity contribution in [1.29, 1.82) is 0 Å². The third kappa shape index (κ3) is 4.58. The standard InChI is InChI=1S/C12H10Br2N2O3/c1-2-4-9(11(17)18)15-12(19)16-10-7(13)5-3-6-8(10)14/h1,3,5-6,9H,4H2,(H,17,18)(H2,15,16,19). The third-order valence-corrected chi connectivity index (χ3v) is 3.45. The number of carboxylic acid groups (broad SMARTS) is 1. The van der Waals surface area contributed by atoms with E-state index in [4.69, 9.17) is 11.5 Å². The quantitative estimate of drug-likeness (QED) is 0.693. The average Bonchev–Trinajstić information content (AvgIpc) is 2.33. The Morgan fingerprint density at radius 2 is 1.95 bits per heavy atom. The zero-order chi connectivity index (χ0) is 14.4. The van der Waals surface area contributed by atoms with E-state index in [9.17, 15) is 9.59 Å². The zero-order valence-electron chi connectivity index (χ0n) is 9.61. The first-order valence-electron chi connectivity index (χ1n) is 5.13. The van der Waals surface area contributed by atoms with E-state index in [1.54, 1.807) is 18.2 Å². The van der Waals surface area contributed by atoms with Gasteiger partial charge in [-0.15, -0.1) is 12.3 Å². The van der Waals surface area contributed by atoms with Gasteiger partial charge in [0.05, 0.1) is 5.69 Å². The Balaban J connectivity index is 2.75. The van der Waals surface area contributed by atoms with Crippen molar-refractivity contribution in [3.63, 3.8) is 0 Å². The molecule has 1 aromatic carbocycles. The van der Waals surface area contributed by atoms with Crippen molar-refractivity contribution in [1.82, 2.24) is 5.32 Å². The van der Waals surface area contributed by atoms with Crippen LogP contribution in [0.3, 0.4) is 0 Å². The lowest BCUT2D eigenvalue weighted by atomic mass is 10.2. The third-order valence-electron chi connectivity index (χ3n) is 2.13. The largest absolute Gasteiger partial charge is 0.480 e. The van der Waals surface area contributed by atoms with Gasteiger partial charge in [-0.1, -0.05) is 6.07 Å². The molecule has 1 unspecified atom stereocenters. The van der Waals surface area contributed by atoms with Gasteiger partial charge in [0, 0.05) is 15.4 Å². The summed E-state index contributed by atoms with van der Waals surface area (Å²) in [5.41, 5.74) is 0.504. The summed E-state index contributed by atoms with van der Waals surface area (Å²) >= 11 is 6.56. The molecule has 0 saturated heterocycles. The normalized spacial score (nSPS) is 11.2. The summed E-state index contributed by atoms with van der Waals surface area (Å²) in [6.45, 7) is 0. The van der Waals surface area contributed by atoms with Gasteiger partial charge in [0.15, 0.2) is 0 Å². The van der Waals surface area contributed by atoms with Crippen LogP contribution in [0.4, 0.5) is 10.5 Å². The van der Waals surface area contributed by atoms with Gasteiger partial charge < -0.3 is 15.7 Å². The van der Waals surface area contributed by atoms with Gasteiger partial charge >= 0.3 is 12.0 Å². The number of anilines is 1. The van der Waals surface area contributed by atoms with Gasteiger partial charge in [-0.25, -0.2) is 9.59 Å². The first kappa shape index (κ1) is 15.5. The van der Waals surface area contributed by atoms with E-state index in [-0.39, 0.29) is 6.42 Å². The molecule has 100 valence electrons. The minimum absolute atomic E-state index is 0.0835. The number of amides is 2. The predicted molar refractivity (Wildman–Crippen MR) is 78.9 cm³/mol. The average molecular weight is 390 g/mol. The van der Waals surface area contributed by atoms with Crippen LogP contribution in [0.1, 0.15) is 6.42 Å². The van der Waals surface area contributed by atoms with Crippen molar-refractivity contribution < 1.29 is 14.7 Å². The number of carbonyl (C=O) groups is 2. The first-order chi connectivity index (χ1) is 8.95. The Kier molecular flexibility index (Phi) is 5.86. The Bertz CT molecular complexity index is 520. The van der Waals surface area contributed by atoms with Crippen LogP contribution in [0.25, 0.3) is 0 Å². The fourth-order valence-corrected chi connectivity index (χ4v) is 2.44. The van der Waals surface area contributed by atoms with Gasteiger partial charge in [0.25, 0.3) is 0 Å². The van der Waals surface area contributed by atoms with Crippen molar-refractivity contribution in [2.75, 3.05) is 5.32 Å².